The Kier molecular flexibility index (Phi) is 10.3. The second-order valence-electron chi connectivity index (χ2n) is 10.3. The molecule has 0 aromatic carbocycles. The van der Waals surface area contributed by atoms with Crippen LogP contribution < -0.4 is 0 Å². The summed E-state index contributed by atoms with van der Waals surface area (Å²) in [4.78, 5) is 28.7. The Balaban J connectivity index is 1.35. The Morgan fingerprint density at radius 2 is 1.09 bits per heavy atom. The first-order valence-corrected chi connectivity index (χ1v) is 13.4. The van der Waals surface area contributed by atoms with E-state index in [9.17, 15) is 9.59 Å². The standard InChI is InChI=1S/C26H40N2O6/c29-17-27-13-11-21(19-7-3-1-4-8-19)33-23-15-31-26-24(16-32-25(23)26)34-22(12-14-28-18-30)20-9-5-2-6-10-20/h19-26H,1-16H2/t21?,22?,23-,24-,25?,26?/m1/s1. The highest BCUT2D eigenvalue weighted by molar-refractivity contribution is 5.33. The third-order valence-corrected chi connectivity index (χ3v) is 8.19. The lowest BCUT2D eigenvalue weighted by molar-refractivity contribution is -0.110. The fourth-order valence-corrected chi connectivity index (χ4v) is 6.43. The fourth-order valence-electron chi connectivity index (χ4n) is 6.43. The summed E-state index contributed by atoms with van der Waals surface area (Å²) in [7, 11) is 0. The summed E-state index contributed by atoms with van der Waals surface area (Å²) in [6.45, 7) is 1.90. The number of isocyanates is 2. The molecular formula is C26H40N2O6. The van der Waals surface area contributed by atoms with E-state index < -0.39 is 0 Å². The first-order chi connectivity index (χ1) is 16.8. The highest BCUT2D eigenvalue weighted by atomic mass is 16.6. The van der Waals surface area contributed by atoms with Gasteiger partial charge in [-0.15, -0.1) is 0 Å². The van der Waals surface area contributed by atoms with Gasteiger partial charge in [-0.05, 0) is 50.4 Å². The topological polar surface area (TPSA) is 95.8 Å². The lowest BCUT2D eigenvalue weighted by atomic mass is 9.84. The van der Waals surface area contributed by atoms with E-state index in [1.54, 1.807) is 12.2 Å². The van der Waals surface area contributed by atoms with E-state index in [4.69, 9.17) is 18.9 Å². The van der Waals surface area contributed by atoms with Crippen LogP contribution in [0.5, 0.6) is 0 Å². The zero-order valence-corrected chi connectivity index (χ0v) is 20.3. The van der Waals surface area contributed by atoms with Gasteiger partial charge in [-0.2, -0.15) is 0 Å². The van der Waals surface area contributed by atoms with Gasteiger partial charge < -0.3 is 18.9 Å². The Morgan fingerprint density at radius 3 is 1.47 bits per heavy atom. The van der Waals surface area contributed by atoms with Gasteiger partial charge in [0.15, 0.2) is 0 Å². The molecule has 0 aromatic heterocycles. The van der Waals surface area contributed by atoms with Crippen LogP contribution in [0.2, 0.25) is 0 Å². The van der Waals surface area contributed by atoms with Crippen LogP contribution in [0.4, 0.5) is 0 Å². The Morgan fingerprint density at radius 1 is 0.676 bits per heavy atom. The molecule has 6 atom stereocenters. The SMILES string of the molecule is O=C=NCCC(O[C@@H]1COC2C1OC[C@H]2OC(CCN=C=O)C1CCCCC1)C1CCCCC1. The molecule has 0 spiro atoms. The van der Waals surface area contributed by atoms with Crippen molar-refractivity contribution in [1.82, 2.24) is 0 Å². The molecule has 2 aliphatic carbocycles. The molecule has 4 fully saturated rings. The molecule has 0 radical (unpaired) electrons. The van der Waals surface area contributed by atoms with Crippen molar-refractivity contribution in [1.29, 1.82) is 0 Å². The second-order valence-corrected chi connectivity index (χ2v) is 10.3. The zero-order chi connectivity index (χ0) is 23.6. The van der Waals surface area contributed by atoms with Gasteiger partial charge in [0.2, 0.25) is 12.2 Å². The van der Waals surface area contributed by atoms with Crippen molar-refractivity contribution in [2.24, 2.45) is 21.8 Å². The van der Waals surface area contributed by atoms with E-state index in [-0.39, 0.29) is 36.6 Å². The van der Waals surface area contributed by atoms with E-state index in [1.165, 1.54) is 38.5 Å². The molecule has 8 heteroatoms. The molecule has 190 valence electrons. The summed E-state index contributed by atoms with van der Waals surface area (Å²) < 4.78 is 25.6. The summed E-state index contributed by atoms with van der Waals surface area (Å²) >= 11 is 0. The first kappa shape index (κ1) is 25.7. The van der Waals surface area contributed by atoms with E-state index in [0.29, 0.717) is 38.1 Å². The minimum absolute atomic E-state index is 0.0597. The number of carbonyl (C=O) groups excluding carboxylic acids is 2. The lowest BCUT2D eigenvalue weighted by Gasteiger charge is -2.33. The van der Waals surface area contributed by atoms with Gasteiger partial charge in [-0.1, -0.05) is 38.5 Å². The Bertz CT molecular complexity index is 650. The lowest BCUT2D eigenvalue weighted by Crippen LogP contribution is -2.40. The number of nitrogens with zero attached hydrogens (tertiary/aromatic N) is 2. The number of fused-ring (bicyclic) bond motifs is 1. The monoisotopic (exact) mass is 476 g/mol. The van der Waals surface area contributed by atoms with Gasteiger partial charge in [0.25, 0.3) is 0 Å². The van der Waals surface area contributed by atoms with Crippen molar-refractivity contribution < 1.29 is 28.5 Å². The highest BCUT2D eigenvalue weighted by Gasteiger charge is 2.50. The molecule has 2 saturated carbocycles. The van der Waals surface area contributed by atoms with Crippen molar-refractivity contribution in [3.8, 4) is 0 Å². The molecular weight excluding hydrogens is 436 g/mol. The van der Waals surface area contributed by atoms with E-state index in [2.05, 4.69) is 9.98 Å². The van der Waals surface area contributed by atoms with Crippen LogP contribution in [-0.2, 0) is 28.5 Å². The van der Waals surface area contributed by atoms with Gasteiger partial charge in [-0.3, -0.25) is 0 Å². The molecule has 2 aliphatic heterocycles. The number of hydrogen-bond donors (Lipinski definition) is 0. The number of ether oxygens (including phenoxy) is 4. The summed E-state index contributed by atoms with van der Waals surface area (Å²) in [6.07, 6.45) is 16.5. The Labute approximate surface area is 202 Å². The largest absolute Gasteiger partial charge is 0.370 e. The van der Waals surface area contributed by atoms with E-state index in [1.807, 2.05) is 0 Å². The molecule has 4 rings (SSSR count). The molecule has 4 unspecified atom stereocenters. The molecule has 8 nitrogen and oxygen atoms in total. The van der Waals surface area contributed by atoms with Gasteiger partial charge in [0.1, 0.15) is 24.4 Å². The average molecular weight is 477 g/mol. The summed E-state index contributed by atoms with van der Waals surface area (Å²) in [5.74, 6) is 0.995. The first-order valence-electron chi connectivity index (χ1n) is 13.4. The van der Waals surface area contributed by atoms with Gasteiger partial charge in [0.05, 0.1) is 38.5 Å². The van der Waals surface area contributed by atoms with Crippen molar-refractivity contribution in [2.75, 3.05) is 26.3 Å². The zero-order valence-electron chi connectivity index (χ0n) is 20.3. The molecule has 2 saturated heterocycles. The van der Waals surface area contributed by atoms with Gasteiger partial charge in [0, 0.05) is 0 Å². The van der Waals surface area contributed by atoms with Crippen molar-refractivity contribution >= 4 is 12.2 Å². The van der Waals surface area contributed by atoms with Crippen LogP contribution in [0.1, 0.15) is 77.0 Å². The second kappa shape index (κ2) is 13.6. The predicted molar refractivity (Wildman–Crippen MR) is 125 cm³/mol. The molecule has 0 aromatic rings. The summed E-state index contributed by atoms with van der Waals surface area (Å²) in [5.41, 5.74) is 0. The van der Waals surface area contributed by atoms with Crippen LogP contribution in [-0.4, -0.2) is 75.1 Å². The summed E-state index contributed by atoms with van der Waals surface area (Å²) in [5, 5.41) is 0. The maximum absolute atomic E-state index is 10.6. The predicted octanol–water partition coefficient (Wildman–Crippen LogP) is 3.90. The van der Waals surface area contributed by atoms with Crippen LogP contribution in [0.15, 0.2) is 9.98 Å². The van der Waals surface area contributed by atoms with Crippen molar-refractivity contribution in [3.05, 3.63) is 0 Å². The quantitative estimate of drug-likeness (QED) is 0.313. The number of hydrogen-bond acceptors (Lipinski definition) is 8. The maximum Gasteiger partial charge on any atom is 0.234 e. The normalized spacial score (nSPS) is 31.9. The number of aliphatic imine (C=N–C) groups is 2. The van der Waals surface area contributed by atoms with Gasteiger partial charge >= 0.3 is 0 Å². The molecule has 0 N–H and O–H groups in total. The van der Waals surface area contributed by atoms with Crippen LogP contribution >= 0.6 is 0 Å². The highest BCUT2D eigenvalue weighted by Crippen LogP contribution is 2.37. The van der Waals surface area contributed by atoms with Crippen LogP contribution in [0, 0.1) is 11.8 Å². The third-order valence-electron chi connectivity index (χ3n) is 8.19. The minimum atomic E-state index is -0.134. The van der Waals surface area contributed by atoms with Crippen LogP contribution in [0.3, 0.4) is 0 Å². The molecule has 34 heavy (non-hydrogen) atoms. The minimum Gasteiger partial charge on any atom is -0.370 e. The van der Waals surface area contributed by atoms with Crippen molar-refractivity contribution in [3.63, 3.8) is 0 Å². The maximum atomic E-state index is 10.6. The Hall–Kier alpha value is -1.40. The third kappa shape index (κ3) is 6.84. The average Bonchev–Trinajstić information content (AvgIpc) is 3.47. The van der Waals surface area contributed by atoms with E-state index >= 15 is 0 Å². The number of rotatable bonds is 12. The van der Waals surface area contributed by atoms with Crippen molar-refractivity contribution in [2.45, 2.75) is 114 Å². The smallest absolute Gasteiger partial charge is 0.234 e. The fraction of sp³-hybridized carbons (Fsp3) is 0.923. The molecule has 0 amide bonds. The molecule has 0 bridgehead atoms. The van der Waals surface area contributed by atoms with Gasteiger partial charge in [-0.25, -0.2) is 19.6 Å². The molecule has 2 heterocycles. The summed E-state index contributed by atoms with van der Waals surface area (Å²) in [6, 6.07) is 0. The molecule has 4 aliphatic rings. The van der Waals surface area contributed by atoms with Crippen LogP contribution in [0.25, 0.3) is 0 Å². The van der Waals surface area contributed by atoms with E-state index in [0.717, 1.165) is 38.5 Å².